The third-order valence-corrected chi connectivity index (χ3v) is 6.19. The van der Waals surface area contributed by atoms with E-state index in [1.54, 1.807) is 17.0 Å². The summed E-state index contributed by atoms with van der Waals surface area (Å²) in [7, 11) is -3.95. The zero-order valence-electron chi connectivity index (χ0n) is 13.6. The van der Waals surface area contributed by atoms with Gasteiger partial charge >= 0.3 is 0 Å². The van der Waals surface area contributed by atoms with E-state index in [4.69, 9.17) is 23.1 Å². The van der Waals surface area contributed by atoms with Crippen molar-refractivity contribution in [1.82, 2.24) is 9.97 Å². The Morgan fingerprint density at radius 2 is 1.73 bits per heavy atom. The molecule has 0 atom stereocenters. The van der Waals surface area contributed by atoms with Gasteiger partial charge in [0.1, 0.15) is 0 Å². The number of nitrogens with zero attached hydrogens (tertiary/aromatic N) is 3. The van der Waals surface area contributed by atoms with E-state index in [9.17, 15) is 8.42 Å². The molecule has 1 aliphatic heterocycles. The Bertz CT molecular complexity index is 1150. The Morgan fingerprint density at radius 1 is 1.04 bits per heavy atom. The van der Waals surface area contributed by atoms with Crippen LogP contribution in [0.5, 0.6) is 0 Å². The van der Waals surface area contributed by atoms with Crippen molar-refractivity contribution < 1.29 is 8.42 Å². The summed E-state index contributed by atoms with van der Waals surface area (Å²) in [6, 6.07) is 12.2. The molecular weight excluding hydrogens is 374 g/mol. The Morgan fingerprint density at radius 3 is 2.42 bits per heavy atom. The largest absolute Gasteiger partial charge is 0.382 e. The minimum Gasteiger partial charge on any atom is -0.382 e. The molecule has 7 nitrogen and oxygen atoms in total. The van der Waals surface area contributed by atoms with Gasteiger partial charge in [-0.15, -0.1) is 0 Å². The van der Waals surface area contributed by atoms with Gasteiger partial charge in [-0.1, -0.05) is 29.3 Å². The number of hydrogen-bond donors (Lipinski definition) is 2. The highest BCUT2D eigenvalue weighted by Crippen LogP contribution is 2.49. The molecule has 1 aliphatic rings. The molecule has 0 aliphatic carbocycles. The fourth-order valence-electron chi connectivity index (χ4n) is 2.95. The molecule has 0 amide bonds. The number of nitrogens with two attached hydrogens (primary N) is 2. The first-order valence-corrected chi connectivity index (χ1v) is 9.49. The summed E-state index contributed by atoms with van der Waals surface area (Å²) in [6.45, 7) is 1.96. The van der Waals surface area contributed by atoms with Gasteiger partial charge in [0.2, 0.25) is 15.8 Å². The second-order valence-corrected chi connectivity index (χ2v) is 8.20. The van der Waals surface area contributed by atoms with E-state index in [0.717, 1.165) is 5.56 Å². The average molecular weight is 388 g/mol. The van der Waals surface area contributed by atoms with E-state index < -0.39 is 9.84 Å². The van der Waals surface area contributed by atoms with Crippen LogP contribution in [0, 0.1) is 6.92 Å². The van der Waals surface area contributed by atoms with Crippen LogP contribution in [0.25, 0.3) is 0 Å². The van der Waals surface area contributed by atoms with Crippen LogP contribution in [-0.4, -0.2) is 18.4 Å². The summed E-state index contributed by atoms with van der Waals surface area (Å²) in [5.74, 6) is -0.185. The summed E-state index contributed by atoms with van der Waals surface area (Å²) in [5.41, 5.74) is 13.8. The minimum atomic E-state index is -3.95. The van der Waals surface area contributed by atoms with Crippen LogP contribution in [0.1, 0.15) is 5.56 Å². The topological polar surface area (TPSA) is 115 Å². The van der Waals surface area contributed by atoms with Crippen LogP contribution in [0.4, 0.5) is 29.0 Å². The standard InChI is InChI=1S/C17H14ClN5O2S/c1-9-2-5-11(6-3-9)23-12-7-4-10(18)8-13(12)26(24,25)14-15(19)21-17(20)22-16(14)23/h2-8H,1H3,(H4,19,20,21,22). The molecule has 9 heteroatoms. The van der Waals surface area contributed by atoms with Gasteiger partial charge in [0.05, 0.1) is 10.6 Å². The second-order valence-electron chi connectivity index (χ2n) is 5.91. The Hall–Kier alpha value is -2.84. The highest BCUT2D eigenvalue weighted by molar-refractivity contribution is 7.92. The number of hydrogen-bond acceptors (Lipinski definition) is 7. The Kier molecular flexibility index (Phi) is 3.57. The summed E-state index contributed by atoms with van der Waals surface area (Å²) in [6.07, 6.45) is 0. The molecule has 4 rings (SSSR count). The summed E-state index contributed by atoms with van der Waals surface area (Å²) < 4.78 is 26.2. The van der Waals surface area contributed by atoms with Crippen LogP contribution < -0.4 is 16.4 Å². The van der Waals surface area contributed by atoms with Crippen molar-refractivity contribution in [3.63, 3.8) is 0 Å². The molecule has 4 N–H and O–H groups in total. The maximum absolute atomic E-state index is 13.1. The number of nitrogen functional groups attached to an aromatic ring is 2. The maximum Gasteiger partial charge on any atom is 0.224 e. The smallest absolute Gasteiger partial charge is 0.224 e. The summed E-state index contributed by atoms with van der Waals surface area (Å²) >= 11 is 6.05. The molecule has 0 spiro atoms. The van der Waals surface area contributed by atoms with Crippen LogP contribution in [0.3, 0.4) is 0 Å². The SMILES string of the molecule is Cc1ccc(N2c3ccc(Cl)cc3S(=O)(=O)c3c(N)nc(N)nc32)cc1. The molecule has 1 aromatic heterocycles. The van der Waals surface area contributed by atoms with Crippen molar-refractivity contribution in [3.8, 4) is 0 Å². The van der Waals surface area contributed by atoms with Crippen LogP contribution in [0.15, 0.2) is 52.3 Å². The van der Waals surface area contributed by atoms with Gasteiger partial charge < -0.3 is 11.5 Å². The molecule has 132 valence electrons. The Labute approximate surface area is 155 Å². The maximum atomic E-state index is 13.1. The van der Waals surface area contributed by atoms with Crippen molar-refractivity contribution in [2.75, 3.05) is 16.4 Å². The predicted molar refractivity (Wildman–Crippen MR) is 101 cm³/mol. The normalized spacial score (nSPS) is 14.6. The van der Waals surface area contributed by atoms with E-state index in [0.29, 0.717) is 16.4 Å². The van der Waals surface area contributed by atoms with Crippen molar-refractivity contribution in [2.45, 2.75) is 16.7 Å². The number of aromatic nitrogens is 2. The molecule has 2 aromatic carbocycles. The highest BCUT2D eigenvalue weighted by Gasteiger charge is 2.39. The fraction of sp³-hybridized carbons (Fsp3) is 0.0588. The van der Waals surface area contributed by atoms with E-state index in [-0.39, 0.29) is 27.4 Å². The zero-order valence-corrected chi connectivity index (χ0v) is 15.2. The summed E-state index contributed by atoms with van der Waals surface area (Å²) in [4.78, 5) is 9.55. The van der Waals surface area contributed by atoms with E-state index in [2.05, 4.69) is 9.97 Å². The molecular formula is C17H14ClN5O2S. The van der Waals surface area contributed by atoms with Gasteiger partial charge in [0.25, 0.3) is 0 Å². The highest BCUT2D eigenvalue weighted by atomic mass is 35.5. The first-order valence-electron chi connectivity index (χ1n) is 7.63. The number of halogens is 1. The molecule has 0 radical (unpaired) electrons. The minimum absolute atomic E-state index is 0.0400. The number of anilines is 5. The lowest BCUT2D eigenvalue weighted by molar-refractivity contribution is 0.594. The molecule has 0 fully saturated rings. The monoisotopic (exact) mass is 387 g/mol. The zero-order chi connectivity index (χ0) is 18.6. The first kappa shape index (κ1) is 16.6. The van der Waals surface area contributed by atoms with E-state index in [1.807, 2.05) is 31.2 Å². The number of fused-ring (bicyclic) bond motifs is 2. The average Bonchev–Trinajstić information content (AvgIpc) is 2.56. The molecule has 0 saturated heterocycles. The van der Waals surface area contributed by atoms with Crippen LogP contribution in [-0.2, 0) is 9.84 Å². The van der Waals surface area contributed by atoms with Gasteiger partial charge in [-0.3, -0.25) is 4.90 Å². The lowest BCUT2D eigenvalue weighted by atomic mass is 10.2. The summed E-state index contributed by atoms with van der Waals surface area (Å²) in [5, 5.41) is 0.301. The number of benzene rings is 2. The van der Waals surface area contributed by atoms with Gasteiger partial charge in [-0.25, -0.2) is 8.42 Å². The number of rotatable bonds is 1. The molecule has 0 bridgehead atoms. The van der Waals surface area contributed by atoms with Gasteiger partial charge in [-0.05, 0) is 37.3 Å². The third-order valence-electron chi connectivity index (χ3n) is 4.12. The van der Waals surface area contributed by atoms with Crippen LogP contribution in [0.2, 0.25) is 5.02 Å². The van der Waals surface area contributed by atoms with Crippen molar-refractivity contribution >= 4 is 50.4 Å². The van der Waals surface area contributed by atoms with Gasteiger partial charge in [0.15, 0.2) is 16.5 Å². The Balaban J connectivity index is 2.12. The second kappa shape index (κ2) is 5.58. The first-order chi connectivity index (χ1) is 12.3. The lowest BCUT2D eigenvalue weighted by Crippen LogP contribution is -2.25. The molecule has 26 heavy (non-hydrogen) atoms. The fourth-order valence-corrected chi connectivity index (χ4v) is 4.82. The van der Waals surface area contributed by atoms with Gasteiger partial charge in [0, 0.05) is 10.7 Å². The van der Waals surface area contributed by atoms with Crippen molar-refractivity contribution in [1.29, 1.82) is 0 Å². The quantitative estimate of drug-likeness (QED) is 0.515. The van der Waals surface area contributed by atoms with E-state index in [1.165, 1.54) is 6.07 Å². The third kappa shape index (κ3) is 2.38. The molecule has 0 unspecified atom stereocenters. The molecule has 0 saturated carbocycles. The lowest BCUT2D eigenvalue weighted by Gasteiger charge is -2.32. The van der Waals surface area contributed by atoms with Crippen molar-refractivity contribution in [2.24, 2.45) is 0 Å². The van der Waals surface area contributed by atoms with Crippen molar-refractivity contribution in [3.05, 3.63) is 53.1 Å². The number of sulfone groups is 1. The van der Waals surface area contributed by atoms with Gasteiger partial charge in [-0.2, -0.15) is 9.97 Å². The molecule has 3 aromatic rings. The number of aryl methyl sites for hydroxylation is 1. The molecule has 2 heterocycles. The van der Waals surface area contributed by atoms with Crippen LogP contribution >= 0.6 is 11.6 Å². The van der Waals surface area contributed by atoms with E-state index >= 15 is 0 Å². The predicted octanol–water partition coefficient (Wildman–Crippen LogP) is 3.22.